The maximum atomic E-state index is 14.0. The molecule has 0 atom stereocenters. The Morgan fingerprint density at radius 1 is 1.31 bits per heavy atom. The van der Waals surface area contributed by atoms with E-state index in [1.807, 2.05) is 6.07 Å². The van der Waals surface area contributed by atoms with Crippen LogP contribution in [0.2, 0.25) is 5.02 Å². The third kappa shape index (κ3) is 3.79. The van der Waals surface area contributed by atoms with Gasteiger partial charge in [-0.25, -0.2) is 4.39 Å². The molecule has 1 aliphatic rings. The molecule has 0 unspecified atom stereocenters. The molecule has 134 valence electrons. The molecule has 0 spiro atoms. The molecular weight excluding hydrogens is 445 g/mol. The molecule has 0 bridgehead atoms. The Labute approximate surface area is 167 Å². The van der Waals surface area contributed by atoms with Crippen molar-refractivity contribution in [2.24, 2.45) is 0 Å². The Bertz CT molecular complexity index is 914. The minimum absolute atomic E-state index is 0.109. The molecule has 3 rings (SSSR count). The number of halogens is 3. The number of rotatable bonds is 4. The molecule has 1 saturated heterocycles. The summed E-state index contributed by atoms with van der Waals surface area (Å²) in [7, 11) is 1.52. The lowest BCUT2D eigenvalue weighted by atomic mass is 10.1. The van der Waals surface area contributed by atoms with Crippen molar-refractivity contribution in [3.8, 4) is 5.75 Å². The van der Waals surface area contributed by atoms with Crippen molar-refractivity contribution in [3.05, 3.63) is 67.7 Å². The van der Waals surface area contributed by atoms with Crippen LogP contribution in [0.25, 0.3) is 6.08 Å². The van der Waals surface area contributed by atoms with Gasteiger partial charge >= 0.3 is 0 Å². The van der Waals surface area contributed by atoms with Crippen LogP contribution in [0.15, 0.2) is 45.8 Å². The van der Waals surface area contributed by atoms with Gasteiger partial charge in [0.05, 0.1) is 18.6 Å². The molecule has 26 heavy (non-hydrogen) atoms. The molecule has 0 N–H and O–H groups in total. The van der Waals surface area contributed by atoms with Gasteiger partial charge in [-0.15, -0.1) is 0 Å². The molecule has 2 aromatic carbocycles. The SMILES string of the molecule is COc1ccc(Br)cc1/C=C1/SC(=O)N(Cc2c(F)cccc2Cl)C1=O. The third-order valence-corrected chi connectivity index (χ3v) is 5.48. The largest absolute Gasteiger partial charge is 0.496 e. The van der Waals surface area contributed by atoms with Crippen molar-refractivity contribution in [2.45, 2.75) is 6.54 Å². The molecule has 0 aromatic heterocycles. The summed E-state index contributed by atoms with van der Waals surface area (Å²) < 4.78 is 20.1. The predicted octanol–water partition coefficient (Wildman–Crippen LogP) is 5.49. The van der Waals surface area contributed by atoms with Crippen LogP contribution in [-0.2, 0) is 11.3 Å². The quantitative estimate of drug-likeness (QED) is 0.571. The predicted molar refractivity (Wildman–Crippen MR) is 104 cm³/mol. The zero-order chi connectivity index (χ0) is 18.8. The minimum Gasteiger partial charge on any atom is -0.496 e. The van der Waals surface area contributed by atoms with Crippen LogP contribution < -0.4 is 4.74 Å². The highest BCUT2D eigenvalue weighted by Gasteiger charge is 2.36. The van der Waals surface area contributed by atoms with E-state index >= 15 is 0 Å². The highest BCUT2D eigenvalue weighted by molar-refractivity contribution is 9.10. The van der Waals surface area contributed by atoms with E-state index < -0.39 is 17.0 Å². The highest BCUT2D eigenvalue weighted by atomic mass is 79.9. The van der Waals surface area contributed by atoms with Gasteiger partial charge in [-0.05, 0) is 48.2 Å². The fraction of sp³-hybridized carbons (Fsp3) is 0.111. The summed E-state index contributed by atoms with van der Waals surface area (Å²) >= 11 is 10.2. The number of imide groups is 1. The molecule has 2 amide bonds. The van der Waals surface area contributed by atoms with Crippen molar-refractivity contribution < 1.29 is 18.7 Å². The summed E-state index contributed by atoms with van der Waals surface area (Å²) in [6.45, 7) is -0.219. The van der Waals surface area contributed by atoms with Crippen molar-refractivity contribution >= 4 is 56.5 Å². The lowest BCUT2D eigenvalue weighted by Gasteiger charge is -2.14. The fourth-order valence-electron chi connectivity index (χ4n) is 2.44. The van der Waals surface area contributed by atoms with E-state index in [-0.39, 0.29) is 22.0 Å². The van der Waals surface area contributed by atoms with E-state index in [1.165, 1.54) is 25.3 Å². The zero-order valence-corrected chi connectivity index (χ0v) is 16.6. The lowest BCUT2D eigenvalue weighted by Crippen LogP contribution is -2.28. The molecule has 2 aromatic rings. The Morgan fingerprint density at radius 3 is 2.77 bits per heavy atom. The summed E-state index contributed by atoms with van der Waals surface area (Å²) in [5.74, 6) is -0.493. The van der Waals surface area contributed by atoms with Gasteiger partial charge in [0, 0.05) is 20.6 Å². The smallest absolute Gasteiger partial charge is 0.293 e. The summed E-state index contributed by atoms with van der Waals surface area (Å²) in [5, 5.41) is -0.309. The number of carbonyl (C=O) groups is 2. The van der Waals surface area contributed by atoms with Crippen molar-refractivity contribution in [2.75, 3.05) is 7.11 Å². The first-order valence-corrected chi connectivity index (χ1v) is 9.41. The monoisotopic (exact) mass is 455 g/mol. The number of ether oxygens (including phenoxy) is 1. The molecule has 0 aliphatic carbocycles. The van der Waals surface area contributed by atoms with Crippen LogP contribution in [0, 0.1) is 5.82 Å². The Hall–Kier alpha value is -1.83. The number of hydrogen-bond acceptors (Lipinski definition) is 4. The van der Waals surface area contributed by atoms with E-state index in [2.05, 4.69) is 15.9 Å². The first kappa shape index (κ1) is 18.9. The second-order valence-corrected chi connectivity index (χ2v) is 7.67. The average molecular weight is 457 g/mol. The first-order chi connectivity index (χ1) is 12.4. The van der Waals surface area contributed by atoms with Crippen LogP contribution >= 0.6 is 39.3 Å². The van der Waals surface area contributed by atoms with Crippen LogP contribution in [-0.4, -0.2) is 23.2 Å². The number of methoxy groups -OCH3 is 1. The number of carbonyl (C=O) groups excluding carboxylic acids is 2. The van der Waals surface area contributed by atoms with Gasteiger partial charge in [0.15, 0.2) is 0 Å². The van der Waals surface area contributed by atoms with E-state index in [9.17, 15) is 14.0 Å². The van der Waals surface area contributed by atoms with E-state index in [0.717, 1.165) is 21.1 Å². The van der Waals surface area contributed by atoms with Crippen molar-refractivity contribution in [1.82, 2.24) is 4.90 Å². The maximum absolute atomic E-state index is 14.0. The van der Waals surface area contributed by atoms with E-state index in [4.69, 9.17) is 16.3 Å². The average Bonchev–Trinajstić information content (AvgIpc) is 2.85. The third-order valence-electron chi connectivity index (χ3n) is 3.73. The number of thioether (sulfide) groups is 1. The van der Waals surface area contributed by atoms with Gasteiger partial charge in [-0.3, -0.25) is 14.5 Å². The topological polar surface area (TPSA) is 46.6 Å². The number of nitrogens with zero attached hydrogens (tertiary/aromatic N) is 1. The number of amides is 2. The van der Waals surface area contributed by atoms with Gasteiger partial charge in [0.2, 0.25) is 0 Å². The van der Waals surface area contributed by atoms with Crippen LogP contribution in [0.1, 0.15) is 11.1 Å². The number of benzene rings is 2. The van der Waals surface area contributed by atoms with Gasteiger partial charge in [0.1, 0.15) is 11.6 Å². The first-order valence-electron chi connectivity index (χ1n) is 7.42. The Balaban J connectivity index is 1.91. The lowest BCUT2D eigenvalue weighted by molar-refractivity contribution is -0.123. The molecule has 4 nitrogen and oxygen atoms in total. The molecular formula is C18H12BrClFNO3S. The summed E-state index contributed by atoms with van der Waals surface area (Å²) in [6.07, 6.45) is 1.58. The molecule has 8 heteroatoms. The number of hydrogen-bond donors (Lipinski definition) is 0. The molecule has 1 heterocycles. The normalized spacial score (nSPS) is 15.8. The standard InChI is InChI=1S/C18H12BrClFNO3S/c1-25-15-6-5-11(19)7-10(15)8-16-17(23)22(18(24)26-16)9-12-13(20)3-2-4-14(12)21/h2-8H,9H2,1H3/b16-8+. The van der Waals surface area contributed by atoms with Crippen molar-refractivity contribution in [3.63, 3.8) is 0 Å². The van der Waals surface area contributed by atoms with Crippen molar-refractivity contribution in [1.29, 1.82) is 0 Å². The maximum Gasteiger partial charge on any atom is 0.293 e. The molecule has 1 aliphatic heterocycles. The Morgan fingerprint density at radius 2 is 2.08 bits per heavy atom. The second-order valence-electron chi connectivity index (χ2n) is 5.35. The van der Waals surface area contributed by atoms with Gasteiger partial charge in [0.25, 0.3) is 11.1 Å². The van der Waals surface area contributed by atoms with Crippen LogP contribution in [0.3, 0.4) is 0 Å². The summed E-state index contributed by atoms with van der Waals surface area (Å²) in [6, 6.07) is 9.56. The highest BCUT2D eigenvalue weighted by Crippen LogP contribution is 2.36. The zero-order valence-electron chi connectivity index (χ0n) is 13.5. The van der Waals surface area contributed by atoms with E-state index in [0.29, 0.717) is 11.3 Å². The van der Waals surface area contributed by atoms with Crippen LogP contribution in [0.5, 0.6) is 5.75 Å². The Kier molecular flexibility index (Phi) is 5.70. The fourth-order valence-corrected chi connectivity index (χ4v) is 3.87. The second kappa shape index (κ2) is 7.82. The van der Waals surface area contributed by atoms with Gasteiger partial charge < -0.3 is 4.74 Å². The van der Waals surface area contributed by atoms with Gasteiger partial charge in [-0.2, -0.15) is 0 Å². The van der Waals surface area contributed by atoms with Gasteiger partial charge in [-0.1, -0.05) is 33.6 Å². The van der Waals surface area contributed by atoms with Crippen LogP contribution in [0.4, 0.5) is 9.18 Å². The molecule has 0 saturated carbocycles. The minimum atomic E-state index is -0.561. The summed E-state index contributed by atoms with van der Waals surface area (Å²) in [5.41, 5.74) is 0.758. The molecule has 0 radical (unpaired) electrons. The molecule has 1 fully saturated rings. The summed E-state index contributed by atoms with van der Waals surface area (Å²) in [4.78, 5) is 26.1. The van der Waals surface area contributed by atoms with E-state index in [1.54, 1.807) is 18.2 Å².